The molecule has 0 aliphatic carbocycles. The second kappa shape index (κ2) is 6.08. The monoisotopic (exact) mass is 275 g/mol. The summed E-state index contributed by atoms with van der Waals surface area (Å²) in [4.78, 5) is 1.86. The molecule has 0 saturated heterocycles. The molecule has 15 heavy (non-hydrogen) atoms. The number of anilines is 1. The summed E-state index contributed by atoms with van der Waals surface area (Å²) >= 11 is 3.31. The van der Waals surface area contributed by atoms with Crippen molar-refractivity contribution in [2.75, 3.05) is 25.1 Å². The van der Waals surface area contributed by atoms with Crippen LogP contribution in [0.1, 0.15) is 12.8 Å². The van der Waals surface area contributed by atoms with Crippen molar-refractivity contribution in [3.8, 4) is 0 Å². The number of aliphatic hydroxyl groups excluding tert-OH is 1. The first-order valence-corrected chi connectivity index (χ1v) is 5.71. The quantitative estimate of drug-likeness (QED) is 0.836. The van der Waals surface area contributed by atoms with E-state index < -0.39 is 0 Å². The molecule has 0 saturated carbocycles. The fraction of sp³-hybridized carbons (Fsp3) is 0.455. The third kappa shape index (κ3) is 3.80. The molecule has 0 unspecified atom stereocenters. The molecule has 0 heterocycles. The van der Waals surface area contributed by atoms with Crippen molar-refractivity contribution in [2.45, 2.75) is 12.8 Å². The summed E-state index contributed by atoms with van der Waals surface area (Å²) in [6.07, 6.45) is 1.61. The van der Waals surface area contributed by atoms with Gasteiger partial charge < -0.3 is 10.0 Å². The maximum atomic E-state index is 13.4. The van der Waals surface area contributed by atoms with Gasteiger partial charge in [-0.25, -0.2) is 4.39 Å². The van der Waals surface area contributed by atoms with Gasteiger partial charge in [0.05, 0.1) is 5.69 Å². The second-order valence-electron chi connectivity index (χ2n) is 3.45. The Labute approximate surface area is 97.8 Å². The van der Waals surface area contributed by atoms with E-state index in [2.05, 4.69) is 15.9 Å². The van der Waals surface area contributed by atoms with E-state index in [-0.39, 0.29) is 12.4 Å². The average molecular weight is 276 g/mol. The fourth-order valence-corrected chi connectivity index (χ4v) is 1.71. The van der Waals surface area contributed by atoms with Gasteiger partial charge in [-0.05, 0) is 31.0 Å². The summed E-state index contributed by atoms with van der Waals surface area (Å²) in [5.41, 5.74) is 0.585. The van der Waals surface area contributed by atoms with Gasteiger partial charge in [0.15, 0.2) is 0 Å². The molecular formula is C11H15BrFNO. The largest absolute Gasteiger partial charge is 0.396 e. The lowest BCUT2D eigenvalue weighted by Gasteiger charge is -2.19. The minimum absolute atomic E-state index is 0.189. The molecule has 1 N–H and O–H groups in total. The van der Waals surface area contributed by atoms with Crippen LogP contribution in [0.3, 0.4) is 0 Å². The summed E-state index contributed by atoms with van der Waals surface area (Å²) in [7, 11) is 1.85. The van der Waals surface area contributed by atoms with E-state index in [9.17, 15) is 4.39 Å². The summed E-state index contributed by atoms with van der Waals surface area (Å²) in [5, 5.41) is 8.65. The highest BCUT2D eigenvalue weighted by Gasteiger charge is 2.07. The Kier molecular flexibility index (Phi) is 5.05. The Morgan fingerprint density at radius 3 is 2.80 bits per heavy atom. The first kappa shape index (κ1) is 12.5. The van der Waals surface area contributed by atoms with Gasteiger partial charge in [0.2, 0.25) is 0 Å². The Balaban J connectivity index is 2.64. The number of hydrogen-bond acceptors (Lipinski definition) is 2. The highest BCUT2D eigenvalue weighted by Crippen LogP contribution is 2.23. The summed E-state index contributed by atoms with van der Waals surface area (Å²) < 4.78 is 14.3. The van der Waals surface area contributed by atoms with Gasteiger partial charge in [0.25, 0.3) is 0 Å². The minimum Gasteiger partial charge on any atom is -0.396 e. The smallest absolute Gasteiger partial charge is 0.146 e. The first-order valence-electron chi connectivity index (χ1n) is 4.92. The van der Waals surface area contributed by atoms with Gasteiger partial charge in [-0.1, -0.05) is 15.9 Å². The number of hydrogen-bond donors (Lipinski definition) is 1. The maximum absolute atomic E-state index is 13.4. The second-order valence-corrected chi connectivity index (χ2v) is 4.36. The summed E-state index contributed by atoms with van der Waals surface area (Å²) in [6, 6.07) is 4.89. The van der Waals surface area contributed by atoms with Gasteiger partial charge >= 0.3 is 0 Å². The van der Waals surface area contributed by atoms with E-state index in [1.807, 2.05) is 11.9 Å². The highest BCUT2D eigenvalue weighted by molar-refractivity contribution is 9.10. The molecule has 2 nitrogen and oxygen atoms in total. The van der Waals surface area contributed by atoms with Gasteiger partial charge in [0, 0.05) is 24.7 Å². The molecule has 0 atom stereocenters. The highest BCUT2D eigenvalue weighted by atomic mass is 79.9. The molecule has 0 aliphatic heterocycles. The zero-order valence-electron chi connectivity index (χ0n) is 8.71. The van der Waals surface area contributed by atoms with Crippen molar-refractivity contribution < 1.29 is 9.50 Å². The number of aliphatic hydroxyl groups is 1. The van der Waals surface area contributed by atoms with Crippen molar-refractivity contribution >= 4 is 21.6 Å². The van der Waals surface area contributed by atoms with E-state index in [0.717, 1.165) is 23.9 Å². The van der Waals surface area contributed by atoms with Crippen LogP contribution in [0.5, 0.6) is 0 Å². The number of unbranched alkanes of at least 4 members (excludes halogenated alkanes) is 1. The first-order chi connectivity index (χ1) is 7.15. The third-order valence-corrected chi connectivity index (χ3v) is 2.71. The Morgan fingerprint density at radius 2 is 2.13 bits per heavy atom. The van der Waals surface area contributed by atoms with E-state index in [4.69, 9.17) is 5.11 Å². The van der Waals surface area contributed by atoms with Crippen LogP contribution in [0, 0.1) is 5.82 Å². The zero-order chi connectivity index (χ0) is 11.3. The Hall–Kier alpha value is -0.610. The molecule has 1 aromatic carbocycles. The number of halogens is 2. The van der Waals surface area contributed by atoms with Crippen LogP contribution in [0.2, 0.25) is 0 Å². The van der Waals surface area contributed by atoms with Crippen LogP contribution >= 0.6 is 15.9 Å². The van der Waals surface area contributed by atoms with Crippen LogP contribution in [0.25, 0.3) is 0 Å². The van der Waals surface area contributed by atoms with Crippen LogP contribution in [0.15, 0.2) is 22.7 Å². The van der Waals surface area contributed by atoms with Crippen molar-refractivity contribution in [1.29, 1.82) is 0 Å². The molecule has 0 aromatic heterocycles. The molecule has 1 rings (SSSR count). The molecule has 0 aliphatic rings. The van der Waals surface area contributed by atoms with Crippen molar-refractivity contribution in [1.82, 2.24) is 0 Å². The molecule has 0 bridgehead atoms. The molecular weight excluding hydrogens is 261 g/mol. The standard InChI is InChI=1S/C11H15BrFNO/c1-14(6-2-3-7-15)11-8-9(12)4-5-10(11)13/h4-5,8,15H,2-3,6-7H2,1H3. The predicted molar refractivity (Wildman–Crippen MR) is 63.7 cm³/mol. The van der Waals surface area contributed by atoms with Crippen molar-refractivity contribution in [2.24, 2.45) is 0 Å². The van der Waals surface area contributed by atoms with Gasteiger partial charge in [-0.15, -0.1) is 0 Å². The Morgan fingerprint density at radius 1 is 1.40 bits per heavy atom. The SMILES string of the molecule is CN(CCCCO)c1cc(Br)ccc1F. The summed E-state index contributed by atoms with van der Waals surface area (Å²) in [5.74, 6) is -0.218. The average Bonchev–Trinajstić information content (AvgIpc) is 2.22. The molecule has 1 aromatic rings. The zero-order valence-corrected chi connectivity index (χ0v) is 10.3. The lowest BCUT2D eigenvalue weighted by molar-refractivity contribution is 0.285. The molecule has 0 amide bonds. The van der Waals surface area contributed by atoms with Crippen LogP contribution in [0.4, 0.5) is 10.1 Å². The fourth-order valence-electron chi connectivity index (χ4n) is 1.36. The van der Waals surface area contributed by atoms with Crippen molar-refractivity contribution in [3.63, 3.8) is 0 Å². The summed E-state index contributed by atoms with van der Waals surface area (Å²) in [6.45, 7) is 0.933. The van der Waals surface area contributed by atoms with Crippen LogP contribution < -0.4 is 4.90 Å². The topological polar surface area (TPSA) is 23.5 Å². The van der Waals surface area contributed by atoms with E-state index in [1.54, 1.807) is 12.1 Å². The van der Waals surface area contributed by atoms with E-state index in [0.29, 0.717) is 5.69 Å². The molecule has 0 spiro atoms. The Bertz CT molecular complexity index is 319. The van der Waals surface area contributed by atoms with Gasteiger partial charge in [-0.3, -0.25) is 0 Å². The van der Waals surface area contributed by atoms with E-state index >= 15 is 0 Å². The van der Waals surface area contributed by atoms with Gasteiger partial charge in [0.1, 0.15) is 5.82 Å². The molecule has 84 valence electrons. The maximum Gasteiger partial charge on any atom is 0.146 e. The molecule has 0 radical (unpaired) electrons. The minimum atomic E-state index is -0.218. The van der Waals surface area contributed by atoms with E-state index in [1.165, 1.54) is 6.07 Å². The lowest BCUT2D eigenvalue weighted by atomic mass is 10.2. The predicted octanol–water partition coefficient (Wildman–Crippen LogP) is 2.80. The number of benzene rings is 1. The molecule has 0 fully saturated rings. The number of rotatable bonds is 5. The van der Waals surface area contributed by atoms with Crippen LogP contribution in [-0.2, 0) is 0 Å². The number of nitrogens with zero attached hydrogens (tertiary/aromatic N) is 1. The normalized spacial score (nSPS) is 10.4. The lowest BCUT2D eigenvalue weighted by Crippen LogP contribution is -2.19. The van der Waals surface area contributed by atoms with Crippen molar-refractivity contribution in [3.05, 3.63) is 28.5 Å². The van der Waals surface area contributed by atoms with Crippen LogP contribution in [-0.4, -0.2) is 25.3 Å². The molecule has 4 heteroatoms. The van der Waals surface area contributed by atoms with Gasteiger partial charge in [-0.2, -0.15) is 0 Å². The third-order valence-electron chi connectivity index (χ3n) is 2.22.